The van der Waals surface area contributed by atoms with E-state index in [1.165, 1.54) is 4.90 Å². The maximum atomic E-state index is 13.5. The Bertz CT molecular complexity index is 2170. The summed E-state index contributed by atoms with van der Waals surface area (Å²) in [6, 6.07) is 5.67. The van der Waals surface area contributed by atoms with Crippen LogP contribution >= 0.6 is 0 Å². The highest BCUT2D eigenvalue weighted by Gasteiger charge is 2.41. The normalized spacial score (nSPS) is 21.9. The maximum absolute atomic E-state index is 13.5. The summed E-state index contributed by atoms with van der Waals surface area (Å²) in [7, 11) is 0. The Morgan fingerprint density at radius 2 is 1.70 bits per heavy atom. The number of carbonyl (C=O) groups excluding carboxylic acids is 6. The number of rotatable bonds is 17. The van der Waals surface area contributed by atoms with Gasteiger partial charge in [0.15, 0.2) is 5.65 Å². The third kappa shape index (κ3) is 10.4. The number of β-amino-alcohol motifs (C(OH)–C–C–N with tert-alkyl or cyclic N) is 1. The Balaban J connectivity index is 0.662. The maximum Gasteiger partial charge on any atom is 0.322 e. The van der Waals surface area contributed by atoms with E-state index in [4.69, 9.17) is 9.47 Å². The Morgan fingerprint density at radius 1 is 0.921 bits per heavy atom. The minimum Gasteiger partial charge on any atom is -0.391 e. The predicted molar refractivity (Wildman–Crippen MR) is 228 cm³/mol. The van der Waals surface area contributed by atoms with Crippen molar-refractivity contribution in [3.63, 3.8) is 0 Å². The molecule has 5 N–H and O–H groups in total. The fourth-order valence-corrected chi connectivity index (χ4v) is 9.31. The quantitative estimate of drug-likeness (QED) is 0.0926. The van der Waals surface area contributed by atoms with Crippen LogP contribution in [0.25, 0.3) is 5.65 Å². The molecule has 0 spiro atoms. The molecule has 63 heavy (non-hydrogen) atoms. The molecule has 6 heterocycles. The van der Waals surface area contributed by atoms with E-state index in [9.17, 15) is 33.9 Å². The number of aromatic nitrogens is 3. The molecule has 7 amide bonds. The molecular formula is C43H57N11O9. The van der Waals surface area contributed by atoms with E-state index in [0.29, 0.717) is 49.7 Å². The smallest absolute Gasteiger partial charge is 0.322 e. The Morgan fingerprint density at radius 3 is 2.49 bits per heavy atom. The molecule has 8 rings (SSSR count). The average Bonchev–Trinajstić information content (AvgIpc) is 4.11. The molecule has 1 saturated carbocycles. The first-order chi connectivity index (χ1) is 30.6. The summed E-state index contributed by atoms with van der Waals surface area (Å²) in [6.45, 7) is 6.42. The van der Waals surface area contributed by atoms with Crippen molar-refractivity contribution in [2.24, 2.45) is 0 Å². The van der Waals surface area contributed by atoms with Crippen LogP contribution < -0.4 is 26.2 Å². The lowest BCUT2D eigenvalue weighted by Gasteiger charge is -2.36. The number of piperazine rings is 1. The zero-order chi connectivity index (χ0) is 43.9. The number of ether oxygens (including phenoxy) is 2. The summed E-state index contributed by atoms with van der Waals surface area (Å²) in [5.74, 6) is -1.28. The van der Waals surface area contributed by atoms with Crippen LogP contribution in [0.3, 0.4) is 0 Å². The first kappa shape index (κ1) is 43.9. The molecule has 3 saturated heterocycles. The van der Waals surface area contributed by atoms with Gasteiger partial charge in [0.2, 0.25) is 23.6 Å². The van der Waals surface area contributed by atoms with E-state index in [1.807, 2.05) is 24.3 Å². The summed E-state index contributed by atoms with van der Waals surface area (Å²) in [5.41, 5.74) is 4.69. The number of carbonyl (C=O) groups is 6. The fraction of sp³-hybridized carbons (Fsp3) is 0.581. The molecule has 4 fully saturated rings. The predicted octanol–water partition coefficient (Wildman–Crippen LogP) is 0.593. The highest BCUT2D eigenvalue weighted by molar-refractivity contribution is 6.05. The molecule has 5 aliphatic rings. The summed E-state index contributed by atoms with van der Waals surface area (Å²) in [5, 5.41) is 25.7. The zero-order valence-corrected chi connectivity index (χ0v) is 35.5. The second kappa shape index (κ2) is 20.2. The molecule has 1 aliphatic carbocycles. The van der Waals surface area contributed by atoms with Crippen LogP contribution in [0.5, 0.6) is 0 Å². The Hall–Kier alpha value is -5.70. The van der Waals surface area contributed by atoms with Crippen LogP contribution in [0.4, 0.5) is 16.2 Å². The number of amides is 7. The number of fused-ring (bicyclic) bond motifs is 2. The molecule has 0 radical (unpaired) electrons. The first-order valence-electron chi connectivity index (χ1n) is 22.2. The molecule has 3 aromatic rings. The van der Waals surface area contributed by atoms with E-state index in [-0.39, 0.29) is 69.1 Å². The number of likely N-dealkylation sites (tertiary alicyclic amines) is 1. The van der Waals surface area contributed by atoms with Gasteiger partial charge in [-0.25, -0.2) is 14.3 Å². The van der Waals surface area contributed by atoms with Gasteiger partial charge in [0.25, 0.3) is 5.91 Å². The van der Waals surface area contributed by atoms with Gasteiger partial charge in [-0.3, -0.25) is 34.2 Å². The van der Waals surface area contributed by atoms with Crippen LogP contribution in [0.15, 0.2) is 36.7 Å². The fourth-order valence-electron chi connectivity index (χ4n) is 9.31. The van der Waals surface area contributed by atoms with Gasteiger partial charge in [-0.2, -0.15) is 5.10 Å². The molecular weight excluding hydrogens is 815 g/mol. The van der Waals surface area contributed by atoms with Gasteiger partial charge in [-0.05, 0) is 43.0 Å². The van der Waals surface area contributed by atoms with Crippen molar-refractivity contribution in [1.29, 1.82) is 0 Å². The molecule has 1 aromatic carbocycles. The number of piperidine rings is 1. The molecule has 1 unspecified atom stereocenters. The van der Waals surface area contributed by atoms with Crippen LogP contribution in [-0.4, -0.2) is 167 Å². The molecule has 20 heteroatoms. The lowest BCUT2D eigenvalue weighted by Crippen LogP contribution is -2.52. The molecule has 3 atom stereocenters. The van der Waals surface area contributed by atoms with Gasteiger partial charge in [-0.1, -0.05) is 12.8 Å². The van der Waals surface area contributed by atoms with E-state index in [0.717, 1.165) is 75.4 Å². The first-order valence-corrected chi connectivity index (χ1v) is 22.2. The van der Waals surface area contributed by atoms with Crippen LogP contribution in [-0.2, 0) is 35.2 Å². The number of nitrogens with zero attached hydrogens (tertiary/aromatic N) is 7. The molecule has 338 valence electrons. The molecule has 4 aliphatic heterocycles. The number of aliphatic hydroxyl groups is 1. The second-order valence-corrected chi connectivity index (χ2v) is 16.8. The van der Waals surface area contributed by atoms with Crippen molar-refractivity contribution >= 4 is 52.6 Å². The summed E-state index contributed by atoms with van der Waals surface area (Å²) < 4.78 is 13.1. The van der Waals surface area contributed by atoms with E-state index >= 15 is 0 Å². The highest BCUT2D eigenvalue weighted by atomic mass is 16.5. The SMILES string of the molecule is O=C(CCOCCOCCN1CCN(c2ccc3c(c2)CN(C2CCC(=O)NC2=O)C3=O)CC1)NCCNC(=O)[C@@H]1C[C@@H](O)CN1C(=O)Nc1cnc2ccnn2c1C1CCCC1. The number of anilines is 2. The number of hydrogen-bond acceptors (Lipinski definition) is 13. The standard InChI is InChI=1S/C43H57N11O9/c55-31-24-35(53(27-31)43(61)48-33-25-46-36-9-11-47-54(36)39(33)28-3-1-2-4-28)40(58)45-13-12-44-37(56)10-19-62-21-22-63-20-18-50-14-16-51(17-15-50)30-5-6-32-29(23-30)26-52(42(32)60)34-7-8-38(57)49-41(34)59/h5-6,9,11,23,25,28,31,34-35,55H,1-4,7-8,10,12-22,24,26-27H2,(H,44,56)(H,45,58)(H,48,61)(H,49,57,59)/t31-,34?,35+/m1/s1. The van der Waals surface area contributed by atoms with Crippen molar-refractivity contribution in [2.45, 2.75) is 82.0 Å². The van der Waals surface area contributed by atoms with Crippen molar-refractivity contribution in [2.75, 3.05) is 89.0 Å². The minimum atomic E-state index is -0.868. The number of imide groups is 1. The third-order valence-corrected chi connectivity index (χ3v) is 12.7. The van der Waals surface area contributed by atoms with Gasteiger partial charge >= 0.3 is 6.03 Å². The number of hydrogen-bond donors (Lipinski definition) is 5. The topological polar surface area (TPSA) is 232 Å². The molecule has 20 nitrogen and oxygen atoms in total. The monoisotopic (exact) mass is 871 g/mol. The average molecular weight is 872 g/mol. The van der Waals surface area contributed by atoms with Crippen molar-refractivity contribution < 1.29 is 43.3 Å². The summed E-state index contributed by atoms with van der Waals surface area (Å²) in [6.07, 6.45) is 7.47. The van der Waals surface area contributed by atoms with Gasteiger partial charge < -0.3 is 45.2 Å². The Kier molecular flexibility index (Phi) is 14.1. The third-order valence-electron chi connectivity index (χ3n) is 12.7. The highest BCUT2D eigenvalue weighted by Crippen LogP contribution is 2.38. The number of nitrogens with one attached hydrogen (secondary N) is 4. The molecule has 2 aromatic heterocycles. The van der Waals surface area contributed by atoms with Crippen LogP contribution in [0, 0.1) is 0 Å². The summed E-state index contributed by atoms with van der Waals surface area (Å²) >= 11 is 0. The second-order valence-electron chi connectivity index (χ2n) is 16.8. The van der Waals surface area contributed by atoms with E-state index in [2.05, 4.69) is 41.1 Å². The lowest BCUT2D eigenvalue weighted by atomic mass is 10.0. The number of aliphatic hydroxyl groups excluding tert-OH is 1. The van der Waals surface area contributed by atoms with Crippen molar-refractivity contribution in [3.05, 3.63) is 53.5 Å². The van der Waals surface area contributed by atoms with E-state index < -0.39 is 36.0 Å². The zero-order valence-electron chi connectivity index (χ0n) is 35.5. The van der Waals surface area contributed by atoms with Crippen molar-refractivity contribution in [3.8, 4) is 0 Å². The van der Waals surface area contributed by atoms with E-state index in [1.54, 1.807) is 21.8 Å². The van der Waals surface area contributed by atoms with Crippen molar-refractivity contribution in [1.82, 2.24) is 45.2 Å². The van der Waals surface area contributed by atoms with Crippen LogP contribution in [0.2, 0.25) is 0 Å². The van der Waals surface area contributed by atoms with Gasteiger partial charge in [0.05, 0.1) is 56.3 Å². The number of urea groups is 1. The largest absolute Gasteiger partial charge is 0.391 e. The van der Waals surface area contributed by atoms with Gasteiger partial charge in [0.1, 0.15) is 12.1 Å². The lowest BCUT2D eigenvalue weighted by molar-refractivity contribution is -0.137. The minimum absolute atomic E-state index is 0.0151. The Labute approximate surface area is 365 Å². The van der Waals surface area contributed by atoms with Gasteiger partial charge in [0, 0.05) is 101 Å². The molecule has 0 bridgehead atoms. The van der Waals surface area contributed by atoms with Crippen LogP contribution in [0.1, 0.15) is 78.9 Å². The van der Waals surface area contributed by atoms with Gasteiger partial charge in [-0.15, -0.1) is 0 Å². The number of benzene rings is 1. The summed E-state index contributed by atoms with van der Waals surface area (Å²) in [4.78, 5) is 88.0.